The molecule has 0 amide bonds. The van der Waals surface area contributed by atoms with Crippen molar-refractivity contribution in [3.05, 3.63) is 47.0 Å². The first-order valence-corrected chi connectivity index (χ1v) is 5.03. The minimum Gasteiger partial charge on any atom is -0.379 e. The van der Waals surface area contributed by atoms with Gasteiger partial charge in [0.25, 0.3) is 0 Å². The van der Waals surface area contributed by atoms with Crippen molar-refractivity contribution in [2.45, 2.75) is 5.41 Å². The van der Waals surface area contributed by atoms with Gasteiger partial charge in [-0.25, -0.2) is 0 Å². The second-order valence-corrected chi connectivity index (χ2v) is 4.28. The van der Waals surface area contributed by atoms with E-state index < -0.39 is 0 Å². The second kappa shape index (κ2) is 3.28. The summed E-state index contributed by atoms with van der Waals surface area (Å²) in [6, 6.07) is 8.32. The lowest BCUT2D eigenvalue weighted by atomic mass is 9.79. The highest BCUT2D eigenvalue weighted by Gasteiger charge is 2.37. The molecular weight excluding hydrogens is 228 g/mol. The molecule has 0 atom stereocenters. The van der Waals surface area contributed by atoms with E-state index >= 15 is 0 Å². The van der Waals surface area contributed by atoms with E-state index in [4.69, 9.17) is 4.74 Å². The highest BCUT2D eigenvalue weighted by atomic mass is 79.9. The summed E-state index contributed by atoms with van der Waals surface area (Å²) < 4.78 is 6.35. The summed E-state index contributed by atoms with van der Waals surface area (Å²) in [5.74, 6) is 0. The Hall–Kier alpha value is -0.600. The van der Waals surface area contributed by atoms with Crippen molar-refractivity contribution in [3.63, 3.8) is 0 Å². The third kappa shape index (κ3) is 1.45. The van der Waals surface area contributed by atoms with Gasteiger partial charge >= 0.3 is 0 Å². The molecule has 1 aromatic rings. The van der Waals surface area contributed by atoms with Gasteiger partial charge in [-0.3, -0.25) is 0 Å². The van der Waals surface area contributed by atoms with Gasteiger partial charge in [0, 0.05) is 4.47 Å². The maximum Gasteiger partial charge on any atom is 0.0620 e. The van der Waals surface area contributed by atoms with E-state index in [0.29, 0.717) is 0 Å². The molecule has 68 valence electrons. The van der Waals surface area contributed by atoms with Gasteiger partial charge in [0.1, 0.15) is 0 Å². The van der Waals surface area contributed by atoms with E-state index in [1.807, 2.05) is 18.2 Å². The quantitative estimate of drug-likeness (QED) is 0.721. The molecule has 1 fully saturated rings. The molecule has 1 aromatic carbocycles. The Bertz CT molecular complexity index is 329. The minimum atomic E-state index is 0.0593. The van der Waals surface area contributed by atoms with Crippen LogP contribution in [0.1, 0.15) is 5.56 Å². The van der Waals surface area contributed by atoms with Crippen molar-refractivity contribution in [3.8, 4) is 0 Å². The molecule has 13 heavy (non-hydrogen) atoms. The van der Waals surface area contributed by atoms with Crippen molar-refractivity contribution in [1.82, 2.24) is 0 Å². The average Bonchev–Trinajstić information content (AvgIpc) is 2.03. The molecule has 0 aliphatic carbocycles. The van der Waals surface area contributed by atoms with Gasteiger partial charge in [0.05, 0.1) is 18.6 Å². The highest BCUT2D eigenvalue weighted by molar-refractivity contribution is 9.10. The first kappa shape index (κ1) is 8.97. The monoisotopic (exact) mass is 238 g/mol. The lowest BCUT2D eigenvalue weighted by Crippen LogP contribution is -2.44. The number of rotatable bonds is 2. The molecule has 1 aliphatic rings. The molecule has 1 heterocycles. The van der Waals surface area contributed by atoms with Crippen molar-refractivity contribution >= 4 is 15.9 Å². The lowest BCUT2D eigenvalue weighted by Gasteiger charge is -2.39. The summed E-state index contributed by atoms with van der Waals surface area (Å²) in [4.78, 5) is 0. The molecule has 1 nitrogen and oxygen atoms in total. The van der Waals surface area contributed by atoms with E-state index in [1.54, 1.807) is 0 Å². The van der Waals surface area contributed by atoms with Crippen LogP contribution in [0.3, 0.4) is 0 Å². The fraction of sp³-hybridized carbons (Fsp3) is 0.273. The Balaban J connectivity index is 2.38. The van der Waals surface area contributed by atoms with Gasteiger partial charge in [-0.05, 0) is 17.7 Å². The van der Waals surface area contributed by atoms with Crippen LogP contribution in [0, 0.1) is 0 Å². The van der Waals surface area contributed by atoms with Gasteiger partial charge in [-0.2, -0.15) is 0 Å². The maximum absolute atomic E-state index is 5.24. The smallest absolute Gasteiger partial charge is 0.0620 e. The fourth-order valence-electron chi connectivity index (χ4n) is 1.52. The van der Waals surface area contributed by atoms with E-state index in [2.05, 4.69) is 34.6 Å². The molecular formula is C11H11BrO. The Labute approximate surface area is 86.5 Å². The highest BCUT2D eigenvalue weighted by Crippen LogP contribution is 2.34. The molecule has 0 N–H and O–H groups in total. The van der Waals surface area contributed by atoms with Crippen LogP contribution in [0.25, 0.3) is 0 Å². The van der Waals surface area contributed by atoms with Crippen molar-refractivity contribution < 1.29 is 4.74 Å². The topological polar surface area (TPSA) is 9.23 Å². The third-order valence-electron chi connectivity index (χ3n) is 2.51. The summed E-state index contributed by atoms with van der Waals surface area (Å²) in [5, 5.41) is 0. The van der Waals surface area contributed by atoms with Crippen LogP contribution in [-0.4, -0.2) is 13.2 Å². The van der Waals surface area contributed by atoms with Gasteiger partial charge in [0.2, 0.25) is 0 Å². The van der Waals surface area contributed by atoms with Crippen LogP contribution in [0.4, 0.5) is 0 Å². The van der Waals surface area contributed by atoms with E-state index in [-0.39, 0.29) is 5.41 Å². The van der Waals surface area contributed by atoms with Gasteiger partial charge in [-0.1, -0.05) is 34.1 Å². The molecule has 0 saturated carbocycles. The van der Waals surface area contributed by atoms with Gasteiger partial charge in [0.15, 0.2) is 0 Å². The van der Waals surface area contributed by atoms with Gasteiger partial charge < -0.3 is 4.74 Å². The van der Waals surface area contributed by atoms with Crippen LogP contribution < -0.4 is 0 Å². The first-order chi connectivity index (χ1) is 6.27. The van der Waals surface area contributed by atoms with Crippen LogP contribution in [0.2, 0.25) is 0 Å². The Morgan fingerprint density at radius 2 is 2.23 bits per heavy atom. The fourth-order valence-corrected chi connectivity index (χ4v) is 1.92. The zero-order valence-electron chi connectivity index (χ0n) is 7.29. The number of halogens is 1. The molecule has 2 rings (SSSR count). The molecule has 0 bridgehead atoms. The first-order valence-electron chi connectivity index (χ1n) is 4.24. The zero-order chi connectivity index (χ0) is 9.31. The minimum absolute atomic E-state index is 0.0593. The predicted octanol–water partition coefficient (Wildman–Crippen LogP) is 2.90. The van der Waals surface area contributed by atoms with Crippen molar-refractivity contribution in [2.75, 3.05) is 13.2 Å². The molecule has 0 unspecified atom stereocenters. The Kier molecular flexibility index (Phi) is 2.26. The second-order valence-electron chi connectivity index (χ2n) is 3.36. The standard InChI is InChI=1S/C11H11BrO/c1-2-11(7-13-8-11)9-4-3-5-10(12)6-9/h2-6H,1,7-8H2. The molecule has 2 heteroatoms. The molecule has 0 aromatic heterocycles. The molecule has 0 spiro atoms. The van der Waals surface area contributed by atoms with Crippen LogP contribution >= 0.6 is 15.9 Å². The summed E-state index contributed by atoms with van der Waals surface area (Å²) in [6.07, 6.45) is 1.98. The third-order valence-corrected chi connectivity index (χ3v) is 3.00. The summed E-state index contributed by atoms with van der Waals surface area (Å²) in [6.45, 7) is 5.38. The summed E-state index contributed by atoms with van der Waals surface area (Å²) >= 11 is 3.46. The normalized spacial score (nSPS) is 19.2. The van der Waals surface area contributed by atoms with Crippen LogP contribution in [0.15, 0.2) is 41.4 Å². The molecule has 0 radical (unpaired) electrons. The number of ether oxygens (including phenoxy) is 1. The predicted molar refractivity (Wildman–Crippen MR) is 56.8 cm³/mol. The summed E-state index contributed by atoms with van der Waals surface area (Å²) in [7, 11) is 0. The van der Waals surface area contributed by atoms with Gasteiger partial charge in [-0.15, -0.1) is 6.58 Å². The largest absolute Gasteiger partial charge is 0.379 e. The lowest BCUT2D eigenvalue weighted by molar-refractivity contribution is -0.0338. The van der Waals surface area contributed by atoms with E-state index in [1.165, 1.54) is 5.56 Å². The molecule has 1 saturated heterocycles. The van der Waals surface area contributed by atoms with Crippen molar-refractivity contribution in [1.29, 1.82) is 0 Å². The number of hydrogen-bond donors (Lipinski definition) is 0. The maximum atomic E-state index is 5.24. The average molecular weight is 239 g/mol. The molecule has 1 aliphatic heterocycles. The Morgan fingerprint density at radius 1 is 1.46 bits per heavy atom. The zero-order valence-corrected chi connectivity index (χ0v) is 8.88. The van der Waals surface area contributed by atoms with E-state index in [9.17, 15) is 0 Å². The SMILES string of the molecule is C=CC1(c2cccc(Br)c2)COC1. The number of benzene rings is 1. The van der Waals surface area contributed by atoms with E-state index in [0.717, 1.165) is 17.7 Å². The summed E-state index contributed by atoms with van der Waals surface area (Å²) in [5.41, 5.74) is 1.34. The van der Waals surface area contributed by atoms with Crippen LogP contribution in [-0.2, 0) is 10.2 Å². The Morgan fingerprint density at radius 3 is 2.69 bits per heavy atom. The number of hydrogen-bond acceptors (Lipinski definition) is 1. The van der Waals surface area contributed by atoms with Crippen molar-refractivity contribution in [2.24, 2.45) is 0 Å². The van der Waals surface area contributed by atoms with Crippen LogP contribution in [0.5, 0.6) is 0 Å².